The Morgan fingerprint density at radius 2 is 1.23 bits per heavy atom. The highest BCUT2D eigenvalue weighted by molar-refractivity contribution is 7.92. The standard InChI is InChI=1S/C34H26ClN3O5S/c1-22-11-20-31(29(21-22)32(39)23-7-3-2-4-8-23)37-34(41)28-9-5-6-10-30(28)36-33(40)24-12-16-26(17-13-24)38-44(42,43)27-18-14-25(35)15-19-27/h2-21,38H,1H3,(H,36,40)(H,37,41). The van der Waals surface area contributed by atoms with Crippen LogP contribution in [0.25, 0.3) is 0 Å². The molecule has 2 amide bonds. The van der Waals surface area contributed by atoms with E-state index in [2.05, 4.69) is 15.4 Å². The molecule has 0 aromatic heterocycles. The normalized spacial score (nSPS) is 11.0. The Bertz CT molecular complexity index is 1960. The number of ketones is 1. The van der Waals surface area contributed by atoms with Crippen LogP contribution in [0.3, 0.4) is 0 Å². The van der Waals surface area contributed by atoms with Gasteiger partial charge in [0.25, 0.3) is 21.8 Å². The van der Waals surface area contributed by atoms with Gasteiger partial charge >= 0.3 is 0 Å². The van der Waals surface area contributed by atoms with Crippen molar-refractivity contribution in [2.45, 2.75) is 11.8 Å². The summed E-state index contributed by atoms with van der Waals surface area (Å²) in [6.07, 6.45) is 0. The molecule has 10 heteroatoms. The average Bonchev–Trinajstić information content (AvgIpc) is 3.02. The number of carbonyl (C=O) groups excluding carboxylic acids is 3. The molecule has 0 aliphatic carbocycles. The molecular formula is C34H26ClN3O5S. The number of benzene rings is 5. The first kappa shape index (κ1) is 30.2. The maximum Gasteiger partial charge on any atom is 0.261 e. The maximum atomic E-state index is 13.4. The Kier molecular flexibility index (Phi) is 8.89. The van der Waals surface area contributed by atoms with Gasteiger partial charge in [-0.1, -0.05) is 65.7 Å². The summed E-state index contributed by atoms with van der Waals surface area (Å²) < 4.78 is 27.8. The van der Waals surface area contributed by atoms with Gasteiger partial charge in [-0.25, -0.2) is 8.42 Å². The van der Waals surface area contributed by atoms with Crippen molar-refractivity contribution >= 4 is 56.3 Å². The number of carbonyl (C=O) groups is 3. The van der Waals surface area contributed by atoms with Crippen molar-refractivity contribution in [3.8, 4) is 0 Å². The van der Waals surface area contributed by atoms with Crippen molar-refractivity contribution in [3.63, 3.8) is 0 Å². The predicted molar refractivity (Wildman–Crippen MR) is 172 cm³/mol. The zero-order chi connectivity index (χ0) is 31.3. The third-order valence-corrected chi connectivity index (χ3v) is 8.30. The fourth-order valence-electron chi connectivity index (χ4n) is 4.39. The fourth-order valence-corrected chi connectivity index (χ4v) is 5.58. The molecule has 0 saturated carbocycles. The first-order valence-electron chi connectivity index (χ1n) is 13.4. The van der Waals surface area contributed by atoms with Gasteiger partial charge in [0, 0.05) is 27.4 Å². The van der Waals surface area contributed by atoms with Gasteiger partial charge in [-0.3, -0.25) is 19.1 Å². The SMILES string of the molecule is Cc1ccc(NC(=O)c2ccccc2NC(=O)c2ccc(NS(=O)(=O)c3ccc(Cl)cc3)cc2)c(C(=O)c2ccccc2)c1. The van der Waals surface area contributed by atoms with Crippen molar-refractivity contribution in [2.75, 3.05) is 15.4 Å². The Morgan fingerprint density at radius 1 is 0.614 bits per heavy atom. The lowest BCUT2D eigenvalue weighted by atomic mass is 9.99. The summed E-state index contributed by atoms with van der Waals surface area (Å²) in [7, 11) is -3.85. The number of hydrogen-bond donors (Lipinski definition) is 3. The molecule has 5 rings (SSSR count). The molecular weight excluding hydrogens is 598 g/mol. The van der Waals surface area contributed by atoms with Crippen LogP contribution < -0.4 is 15.4 Å². The molecule has 0 unspecified atom stereocenters. The second kappa shape index (κ2) is 12.9. The highest BCUT2D eigenvalue weighted by Gasteiger charge is 2.19. The Morgan fingerprint density at radius 3 is 1.93 bits per heavy atom. The van der Waals surface area contributed by atoms with E-state index in [1.165, 1.54) is 48.5 Å². The molecule has 0 fully saturated rings. The minimum atomic E-state index is -3.85. The van der Waals surface area contributed by atoms with Crippen LogP contribution in [-0.2, 0) is 10.0 Å². The fraction of sp³-hybridized carbons (Fsp3) is 0.0294. The molecule has 5 aromatic carbocycles. The maximum absolute atomic E-state index is 13.4. The zero-order valence-electron chi connectivity index (χ0n) is 23.4. The molecule has 8 nitrogen and oxygen atoms in total. The van der Waals surface area contributed by atoms with Gasteiger partial charge in [0.2, 0.25) is 0 Å². The Labute approximate surface area is 259 Å². The van der Waals surface area contributed by atoms with Crippen molar-refractivity contribution in [1.82, 2.24) is 0 Å². The average molecular weight is 624 g/mol. The van der Waals surface area contributed by atoms with Crippen LogP contribution in [0, 0.1) is 6.92 Å². The molecule has 220 valence electrons. The first-order valence-corrected chi connectivity index (χ1v) is 15.3. The lowest BCUT2D eigenvalue weighted by Gasteiger charge is -2.14. The molecule has 0 saturated heterocycles. The third kappa shape index (κ3) is 7.03. The molecule has 0 aliphatic rings. The summed E-state index contributed by atoms with van der Waals surface area (Å²) >= 11 is 5.85. The molecule has 5 aromatic rings. The number of amides is 2. The Balaban J connectivity index is 1.31. The summed E-state index contributed by atoms with van der Waals surface area (Å²) in [6.45, 7) is 1.86. The van der Waals surface area contributed by atoms with Crippen LogP contribution in [-0.4, -0.2) is 26.0 Å². The van der Waals surface area contributed by atoms with Gasteiger partial charge < -0.3 is 10.6 Å². The van der Waals surface area contributed by atoms with E-state index >= 15 is 0 Å². The largest absolute Gasteiger partial charge is 0.321 e. The van der Waals surface area contributed by atoms with E-state index in [4.69, 9.17) is 11.6 Å². The first-order chi connectivity index (χ1) is 21.1. The monoisotopic (exact) mass is 623 g/mol. The highest BCUT2D eigenvalue weighted by Crippen LogP contribution is 2.25. The van der Waals surface area contributed by atoms with Crippen LogP contribution in [0.5, 0.6) is 0 Å². The van der Waals surface area contributed by atoms with Crippen LogP contribution in [0.15, 0.2) is 126 Å². The minimum absolute atomic E-state index is 0.0424. The summed E-state index contributed by atoms with van der Waals surface area (Å²) in [5, 5.41) is 5.98. The van der Waals surface area contributed by atoms with E-state index in [1.807, 2.05) is 13.0 Å². The lowest BCUT2D eigenvalue weighted by Crippen LogP contribution is -2.19. The van der Waals surface area contributed by atoms with E-state index in [-0.39, 0.29) is 33.2 Å². The smallest absolute Gasteiger partial charge is 0.261 e. The molecule has 0 radical (unpaired) electrons. The van der Waals surface area contributed by atoms with Crippen molar-refractivity contribution in [1.29, 1.82) is 0 Å². The number of rotatable bonds is 9. The Hall–Kier alpha value is -5.25. The van der Waals surface area contributed by atoms with Gasteiger partial charge in [0.05, 0.1) is 21.8 Å². The number of nitrogens with one attached hydrogen (secondary N) is 3. The summed E-state index contributed by atoms with van der Waals surface area (Å²) in [6, 6.07) is 32.1. The topological polar surface area (TPSA) is 121 Å². The second-order valence-electron chi connectivity index (χ2n) is 9.83. The summed E-state index contributed by atoms with van der Waals surface area (Å²) in [5.74, 6) is -1.25. The van der Waals surface area contributed by atoms with E-state index < -0.39 is 21.8 Å². The number of para-hydroxylation sites is 1. The highest BCUT2D eigenvalue weighted by atomic mass is 35.5. The molecule has 0 aliphatic heterocycles. The quantitative estimate of drug-likeness (QED) is 0.150. The second-order valence-corrected chi connectivity index (χ2v) is 12.0. The third-order valence-electron chi connectivity index (χ3n) is 6.65. The molecule has 0 bridgehead atoms. The minimum Gasteiger partial charge on any atom is -0.321 e. The predicted octanol–water partition coefficient (Wildman–Crippen LogP) is 7.18. The van der Waals surface area contributed by atoms with Crippen LogP contribution >= 0.6 is 11.6 Å². The van der Waals surface area contributed by atoms with Gasteiger partial charge in [-0.15, -0.1) is 0 Å². The van der Waals surface area contributed by atoms with Crippen molar-refractivity contribution in [3.05, 3.63) is 154 Å². The molecule has 0 spiro atoms. The van der Waals surface area contributed by atoms with E-state index in [0.29, 0.717) is 21.8 Å². The van der Waals surface area contributed by atoms with Crippen molar-refractivity contribution in [2.24, 2.45) is 0 Å². The number of hydrogen-bond acceptors (Lipinski definition) is 5. The number of halogens is 1. The van der Waals surface area contributed by atoms with Gasteiger partial charge in [0.15, 0.2) is 5.78 Å². The number of anilines is 3. The molecule has 0 heterocycles. The number of sulfonamides is 1. The van der Waals surface area contributed by atoms with Crippen molar-refractivity contribution < 1.29 is 22.8 Å². The summed E-state index contributed by atoms with van der Waals surface area (Å²) in [5.41, 5.74) is 2.98. The van der Waals surface area contributed by atoms with E-state index in [1.54, 1.807) is 66.7 Å². The van der Waals surface area contributed by atoms with Gasteiger partial charge in [0.1, 0.15) is 0 Å². The lowest BCUT2D eigenvalue weighted by molar-refractivity contribution is 0.102. The molecule has 3 N–H and O–H groups in total. The summed E-state index contributed by atoms with van der Waals surface area (Å²) in [4.78, 5) is 39.8. The van der Waals surface area contributed by atoms with Crippen LogP contribution in [0.4, 0.5) is 17.1 Å². The number of aryl methyl sites for hydroxylation is 1. The van der Waals surface area contributed by atoms with Gasteiger partial charge in [-0.2, -0.15) is 0 Å². The zero-order valence-corrected chi connectivity index (χ0v) is 24.9. The van der Waals surface area contributed by atoms with Crippen LogP contribution in [0.1, 0.15) is 42.2 Å². The van der Waals surface area contributed by atoms with E-state index in [0.717, 1.165) is 5.56 Å². The van der Waals surface area contributed by atoms with Crippen LogP contribution in [0.2, 0.25) is 5.02 Å². The molecule has 0 atom stereocenters. The van der Waals surface area contributed by atoms with Gasteiger partial charge in [-0.05, 0) is 79.7 Å². The molecule has 44 heavy (non-hydrogen) atoms. The van der Waals surface area contributed by atoms with E-state index in [9.17, 15) is 22.8 Å².